The Kier molecular flexibility index (Phi) is 5.58. The number of anilines is 1. The molecule has 1 aromatic carbocycles. The van der Waals surface area contributed by atoms with Crippen LogP contribution in [0.1, 0.15) is 10.6 Å². The van der Waals surface area contributed by atoms with E-state index >= 15 is 0 Å². The van der Waals surface area contributed by atoms with Crippen molar-refractivity contribution in [2.75, 3.05) is 12.4 Å². The first kappa shape index (κ1) is 18.8. The number of hydrogen-bond donors (Lipinski definition) is 1. The Hall–Kier alpha value is -3.58. The number of aromatic nitrogens is 2. The molecule has 0 spiro atoms. The second kappa shape index (κ2) is 8.62. The normalized spacial score (nSPS) is 11.1. The van der Waals surface area contributed by atoms with E-state index in [0.717, 1.165) is 16.2 Å². The highest BCUT2D eigenvalue weighted by Gasteiger charge is 2.09. The number of thiophene rings is 1. The number of hydrogen-bond acceptors (Lipinski definition) is 5. The van der Waals surface area contributed by atoms with E-state index in [9.17, 15) is 4.79 Å². The van der Waals surface area contributed by atoms with Gasteiger partial charge in [0.25, 0.3) is 0 Å². The molecule has 0 aliphatic heterocycles. The van der Waals surface area contributed by atoms with Gasteiger partial charge in [-0.2, -0.15) is 0 Å². The molecule has 0 fully saturated rings. The lowest BCUT2D eigenvalue weighted by molar-refractivity contribution is -0.111. The molecule has 0 atom stereocenters. The fourth-order valence-corrected chi connectivity index (χ4v) is 3.42. The van der Waals surface area contributed by atoms with Crippen molar-refractivity contribution in [3.63, 3.8) is 0 Å². The number of nitrogens with zero attached hydrogens (tertiary/aromatic N) is 2. The Morgan fingerprint density at radius 1 is 1.21 bits per heavy atom. The monoisotopic (exact) mass is 405 g/mol. The number of benzene rings is 1. The van der Waals surface area contributed by atoms with Crippen LogP contribution in [0.4, 0.5) is 5.69 Å². The molecule has 3 aromatic heterocycles. The van der Waals surface area contributed by atoms with Gasteiger partial charge in [-0.15, -0.1) is 11.3 Å². The van der Waals surface area contributed by atoms with Crippen LogP contribution in [0.3, 0.4) is 0 Å². The molecule has 7 heteroatoms. The first-order chi connectivity index (χ1) is 14.2. The van der Waals surface area contributed by atoms with Gasteiger partial charge < -0.3 is 19.2 Å². The number of carbonyl (C=O) groups excluding carboxylic acids is 1. The Morgan fingerprint density at radius 2 is 2.14 bits per heavy atom. The summed E-state index contributed by atoms with van der Waals surface area (Å²) < 4.78 is 13.2. The van der Waals surface area contributed by atoms with Crippen LogP contribution in [0.15, 0.2) is 72.4 Å². The molecule has 0 saturated heterocycles. The van der Waals surface area contributed by atoms with Crippen molar-refractivity contribution >= 4 is 34.7 Å². The molecule has 0 unspecified atom stereocenters. The number of ether oxygens (including phenoxy) is 2. The Bertz CT molecular complexity index is 1120. The minimum atomic E-state index is -0.213. The highest BCUT2D eigenvalue weighted by molar-refractivity contribution is 7.10. The summed E-state index contributed by atoms with van der Waals surface area (Å²) in [5.41, 5.74) is 2.28. The fraction of sp³-hybridized carbons (Fsp3) is 0.0909. The molecule has 0 aliphatic rings. The molecule has 29 heavy (non-hydrogen) atoms. The summed E-state index contributed by atoms with van der Waals surface area (Å²) >= 11 is 1.57. The highest BCUT2D eigenvalue weighted by atomic mass is 32.1. The van der Waals surface area contributed by atoms with Crippen LogP contribution in [-0.4, -0.2) is 22.4 Å². The number of amides is 1. The summed E-state index contributed by atoms with van der Waals surface area (Å²) in [6.45, 7) is 0.285. The van der Waals surface area contributed by atoms with Gasteiger partial charge in [0.2, 0.25) is 5.91 Å². The first-order valence-electron chi connectivity index (χ1n) is 8.97. The summed E-state index contributed by atoms with van der Waals surface area (Å²) in [7, 11) is 1.58. The van der Waals surface area contributed by atoms with Crippen molar-refractivity contribution < 1.29 is 14.3 Å². The maximum atomic E-state index is 12.2. The highest BCUT2D eigenvalue weighted by Crippen LogP contribution is 2.31. The molecule has 146 valence electrons. The molecule has 4 rings (SSSR count). The summed E-state index contributed by atoms with van der Waals surface area (Å²) in [5.74, 6) is 0.903. The average Bonchev–Trinajstić information content (AvgIpc) is 3.40. The van der Waals surface area contributed by atoms with E-state index in [1.54, 1.807) is 42.7 Å². The SMILES string of the molecule is COc1ccc(NC(=O)C=Cc2cccs2)cc1OCc1cn2ccccc2n1. The van der Waals surface area contributed by atoms with E-state index in [1.165, 1.54) is 6.08 Å². The predicted molar refractivity (Wildman–Crippen MR) is 115 cm³/mol. The minimum Gasteiger partial charge on any atom is -0.493 e. The Balaban J connectivity index is 1.45. The maximum Gasteiger partial charge on any atom is 0.248 e. The Morgan fingerprint density at radius 3 is 2.93 bits per heavy atom. The number of imidazole rings is 1. The Labute approximate surface area is 172 Å². The summed E-state index contributed by atoms with van der Waals surface area (Å²) in [6, 6.07) is 15.0. The van der Waals surface area contributed by atoms with Crippen LogP contribution in [0.5, 0.6) is 11.5 Å². The van der Waals surface area contributed by atoms with E-state index in [1.807, 2.05) is 52.5 Å². The second-order valence-corrected chi connectivity index (χ2v) is 7.17. The molecular weight excluding hydrogens is 386 g/mol. The van der Waals surface area contributed by atoms with Gasteiger partial charge in [-0.05, 0) is 41.8 Å². The average molecular weight is 405 g/mol. The predicted octanol–water partition coefficient (Wildman–Crippen LogP) is 4.64. The van der Waals surface area contributed by atoms with Crippen molar-refractivity contribution in [3.05, 3.63) is 83.0 Å². The van der Waals surface area contributed by atoms with E-state index in [0.29, 0.717) is 17.2 Å². The van der Waals surface area contributed by atoms with Gasteiger partial charge >= 0.3 is 0 Å². The van der Waals surface area contributed by atoms with E-state index in [4.69, 9.17) is 9.47 Å². The fourth-order valence-electron chi connectivity index (χ4n) is 2.80. The number of fused-ring (bicyclic) bond motifs is 1. The van der Waals surface area contributed by atoms with E-state index in [-0.39, 0.29) is 12.5 Å². The molecule has 1 amide bonds. The lowest BCUT2D eigenvalue weighted by atomic mass is 10.2. The van der Waals surface area contributed by atoms with Crippen LogP contribution in [-0.2, 0) is 11.4 Å². The van der Waals surface area contributed by atoms with Gasteiger partial charge in [0, 0.05) is 35.1 Å². The zero-order chi connectivity index (χ0) is 20.1. The molecule has 0 saturated carbocycles. The van der Waals surface area contributed by atoms with Crippen LogP contribution >= 0.6 is 11.3 Å². The van der Waals surface area contributed by atoms with Crippen molar-refractivity contribution in [1.29, 1.82) is 0 Å². The summed E-state index contributed by atoms with van der Waals surface area (Å²) in [4.78, 5) is 17.7. The van der Waals surface area contributed by atoms with Gasteiger partial charge in [-0.3, -0.25) is 4.79 Å². The van der Waals surface area contributed by atoms with Gasteiger partial charge in [0.05, 0.1) is 12.8 Å². The third-order valence-corrected chi connectivity index (χ3v) is 5.00. The zero-order valence-electron chi connectivity index (χ0n) is 15.7. The lowest BCUT2D eigenvalue weighted by Gasteiger charge is -2.12. The van der Waals surface area contributed by atoms with E-state index < -0.39 is 0 Å². The number of rotatable bonds is 7. The topological polar surface area (TPSA) is 64.9 Å². The first-order valence-corrected chi connectivity index (χ1v) is 9.85. The van der Waals surface area contributed by atoms with Crippen LogP contribution in [0.2, 0.25) is 0 Å². The third-order valence-electron chi connectivity index (χ3n) is 4.16. The van der Waals surface area contributed by atoms with Gasteiger partial charge in [0.1, 0.15) is 12.3 Å². The van der Waals surface area contributed by atoms with Crippen molar-refractivity contribution in [2.24, 2.45) is 0 Å². The maximum absolute atomic E-state index is 12.2. The van der Waals surface area contributed by atoms with Gasteiger partial charge in [-0.25, -0.2) is 4.98 Å². The number of nitrogens with one attached hydrogen (secondary N) is 1. The van der Waals surface area contributed by atoms with Gasteiger partial charge in [0.15, 0.2) is 11.5 Å². The van der Waals surface area contributed by atoms with Crippen LogP contribution in [0.25, 0.3) is 11.7 Å². The molecule has 6 nitrogen and oxygen atoms in total. The standard InChI is InChI=1S/C22H19N3O3S/c1-27-19-9-7-16(24-22(26)10-8-18-5-4-12-29-18)13-20(19)28-15-17-14-25-11-3-2-6-21(25)23-17/h2-14H,15H2,1H3,(H,24,26). The van der Waals surface area contributed by atoms with Crippen molar-refractivity contribution in [3.8, 4) is 11.5 Å². The number of methoxy groups -OCH3 is 1. The van der Waals surface area contributed by atoms with Crippen LogP contribution in [0, 0.1) is 0 Å². The van der Waals surface area contributed by atoms with Crippen LogP contribution < -0.4 is 14.8 Å². The molecule has 4 aromatic rings. The number of pyridine rings is 1. The third kappa shape index (κ3) is 4.64. The van der Waals surface area contributed by atoms with Gasteiger partial charge in [-0.1, -0.05) is 12.1 Å². The summed E-state index contributed by atoms with van der Waals surface area (Å²) in [6.07, 6.45) is 7.15. The second-order valence-electron chi connectivity index (χ2n) is 6.19. The smallest absolute Gasteiger partial charge is 0.248 e. The molecule has 0 aliphatic carbocycles. The summed E-state index contributed by atoms with van der Waals surface area (Å²) in [5, 5.41) is 4.81. The lowest BCUT2D eigenvalue weighted by Crippen LogP contribution is -2.08. The van der Waals surface area contributed by atoms with E-state index in [2.05, 4.69) is 10.3 Å². The number of carbonyl (C=O) groups is 1. The molecule has 0 radical (unpaired) electrons. The van der Waals surface area contributed by atoms with Crippen molar-refractivity contribution in [1.82, 2.24) is 9.38 Å². The molecule has 0 bridgehead atoms. The molecule has 3 heterocycles. The largest absolute Gasteiger partial charge is 0.493 e. The zero-order valence-corrected chi connectivity index (χ0v) is 16.6. The minimum absolute atomic E-state index is 0.213. The van der Waals surface area contributed by atoms with Crippen molar-refractivity contribution in [2.45, 2.75) is 6.61 Å². The molecular formula is C22H19N3O3S. The molecule has 1 N–H and O–H groups in total. The quantitative estimate of drug-likeness (QED) is 0.455.